The van der Waals surface area contributed by atoms with Crippen LogP contribution in [0.4, 0.5) is 4.39 Å². The maximum absolute atomic E-state index is 13.2. The van der Waals surface area contributed by atoms with Crippen molar-refractivity contribution in [2.24, 2.45) is 0 Å². The van der Waals surface area contributed by atoms with Gasteiger partial charge in [-0.15, -0.1) is 11.3 Å². The van der Waals surface area contributed by atoms with E-state index >= 15 is 0 Å². The van der Waals surface area contributed by atoms with E-state index in [0.29, 0.717) is 0 Å². The van der Waals surface area contributed by atoms with Crippen LogP contribution in [-0.4, -0.2) is 0 Å². The average molecular weight is 317 g/mol. The summed E-state index contributed by atoms with van der Waals surface area (Å²) in [6.07, 6.45) is 0.893. The molecule has 3 heteroatoms. The molecule has 1 atom stereocenters. The van der Waals surface area contributed by atoms with Gasteiger partial charge in [0.15, 0.2) is 0 Å². The fourth-order valence-electron chi connectivity index (χ4n) is 2.48. The first-order chi connectivity index (χ1) is 10.2. The minimum atomic E-state index is -0.209. The molecule has 0 aliphatic heterocycles. The van der Waals surface area contributed by atoms with Gasteiger partial charge in [-0.05, 0) is 53.3 Å². The quantitative estimate of drug-likeness (QED) is 0.561. The maximum atomic E-state index is 13.2. The SMILES string of the molecule is Fc1ccc(C(Cc2cccs2)c2cccc(Cl)c2)cc1. The van der Waals surface area contributed by atoms with Crippen molar-refractivity contribution in [3.8, 4) is 0 Å². The van der Waals surface area contributed by atoms with Crippen LogP contribution in [0.5, 0.6) is 0 Å². The molecule has 0 spiro atoms. The summed E-state index contributed by atoms with van der Waals surface area (Å²) >= 11 is 7.87. The molecule has 0 N–H and O–H groups in total. The highest BCUT2D eigenvalue weighted by atomic mass is 35.5. The van der Waals surface area contributed by atoms with Gasteiger partial charge in [-0.2, -0.15) is 0 Å². The van der Waals surface area contributed by atoms with Crippen LogP contribution in [0.15, 0.2) is 66.0 Å². The van der Waals surface area contributed by atoms with Crippen LogP contribution in [0.25, 0.3) is 0 Å². The molecule has 0 aliphatic carbocycles. The largest absolute Gasteiger partial charge is 0.207 e. The molecule has 0 bridgehead atoms. The Balaban J connectivity index is 1.99. The van der Waals surface area contributed by atoms with Crippen molar-refractivity contribution in [1.29, 1.82) is 0 Å². The van der Waals surface area contributed by atoms with Crippen molar-refractivity contribution in [2.75, 3.05) is 0 Å². The first-order valence-electron chi connectivity index (χ1n) is 6.76. The second-order valence-corrected chi connectivity index (χ2v) is 6.41. The predicted molar refractivity (Wildman–Crippen MR) is 87.7 cm³/mol. The standard InChI is InChI=1S/C18H14ClFS/c19-15-4-1-3-14(11-15)18(12-17-5-2-10-21-17)13-6-8-16(20)9-7-13/h1-11,18H,12H2. The van der Waals surface area contributed by atoms with Crippen molar-refractivity contribution >= 4 is 22.9 Å². The first kappa shape index (κ1) is 14.3. The van der Waals surface area contributed by atoms with E-state index in [2.05, 4.69) is 23.6 Å². The van der Waals surface area contributed by atoms with Gasteiger partial charge >= 0.3 is 0 Å². The monoisotopic (exact) mass is 316 g/mol. The highest BCUT2D eigenvalue weighted by Crippen LogP contribution is 2.31. The zero-order chi connectivity index (χ0) is 14.7. The van der Waals surface area contributed by atoms with Gasteiger partial charge in [0.2, 0.25) is 0 Å². The van der Waals surface area contributed by atoms with Gasteiger partial charge in [0.1, 0.15) is 5.82 Å². The summed E-state index contributed by atoms with van der Waals surface area (Å²) in [5.74, 6) is -0.0253. The normalized spacial score (nSPS) is 12.3. The molecule has 0 radical (unpaired) electrons. The van der Waals surface area contributed by atoms with E-state index in [9.17, 15) is 4.39 Å². The molecule has 0 amide bonds. The van der Waals surface area contributed by atoms with E-state index in [1.165, 1.54) is 17.0 Å². The number of hydrogen-bond acceptors (Lipinski definition) is 1. The molecule has 1 unspecified atom stereocenters. The lowest BCUT2D eigenvalue weighted by Crippen LogP contribution is -2.04. The smallest absolute Gasteiger partial charge is 0.123 e. The van der Waals surface area contributed by atoms with Crippen molar-refractivity contribution < 1.29 is 4.39 Å². The van der Waals surface area contributed by atoms with Crippen molar-refractivity contribution in [3.05, 3.63) is 92.9 Å². The minimum Gasteiger partial charge on any atom is -0.207 e. The topological polar surface area (TPSA) is 0 Å². The highest BCUT2D eigenvalue weighted by molar-refractivity contribution is 7.09. The maximum Gasteiger partial charge on any atom is 0.123 e. The fraction of sp³-hybridized carbons (Fsp3) is 0.111. The average Bonchev–Trinajstić information content (AvgIpc) is 2.99. The van der Waals surface area contributed by atoms with Crippen LogP contribution in [0.3, 0.4) is 0 Å². The first-order valence-corrected chi connectivity index (χ1v) is 8.01. The van der Waals surface area contributed by atoms with Crippen LogP contribution >= 0.6 is 22.9 Å². The molecule has 0 nitrogen and oxygen atoms in total. The number of halogens is 2. The van der Waals surface area contributed by atoms with E-state index in [1.807, 2.05) is 30.3 Å². The van der Waals surface area contributed by atoms with Gasteiger partial charge < -0.3 is 0 Å². The van der Waals surface area contributed by atoms with E-state index in [4.69, 9.17) is 11.6 Å². The van der Waals surface area contributed by atoms with Gasteiger partial charge in [0.25, 0.3) is 0 Å². The molecular formula is C18H14ClFS. The van der Waals surface area contributed by atoms with Crippen molar-refractivity contribution in [1.82, 2.24) is 0 Å². The second kappa shape index (κ2) is 6.42. The van der Waals surface area contributed by atoms with Crippen LogP contribution in [0.2, 0.25) is 5.02 Å². The second-order valence-electron chi connectivity index (χ2n) is 4.94. The van der Waals surface area contributed by atoms with Crippen molar-refractivity contribution in [3.63, 3.8) is 0 Å². The minimum absolute atomic E-state index is 0.183. The van der Waals surface area contributed by atoms with Gasteiger partial charge in [-0.3, -0.25) is 0 Å². The van der Waals surface area contributed by atoms with Crippen LogP contribution in [0, 0.1) is 5.82 Å². The number of thiophene rings is 1. The molecule has 0 aliphatic rings. The summed E-state index contributed by atoms with van der Waals surface area (Å²) < 4.78 is 13.2. The lowest BCUT2D eigenvalue weighted by molar-refractivity contribution is 0.626. The molecular weight excluding hydrogens is 303 g/mol. The Labute approximate surface area is 132 Å². The Morgan fingerprint density at radius 2 is 1.76 bits per heavy atom. The molecule has 1 heterocycles. The van der Waals surface area contributed by atoms with Gasteiger partial charge in [-0.1, -0.05) is 41.9 Å². The third-order valence-electron chi connectivity index (χ3n) is 3.51. The van der Waals surface area contributed by atoms with Crippen LogP contribution in [-0.2, 0) is 6.42 Å². The van der Waals surface area contributed by atoms with Crippen LogP contribution in [0.1, 0.15) is 21.9 Å². The van der Waals surface area contributed by atoms with Crippen molar-refractivity contribution in [2.45, 2.75) is 12.3 Å². The molecule has 21 heavy (non-hydrogen) atoms. The van der Waals surface area contributed by atoms with Crippen LogP contribution < -0.4 is 0 Å². The zero-order valence-corrected chi connectivity index (χ0v) is 12.9. The number of rotatable bonds is 4. The predicted octanol–water partition coefficient (Wildman–Crippen LogP) is 5.92. The molecule has 106 valence electrons. The number of hydrogen-bond donors (Lipinski definition) is 0. The molecule has 2 aromatic carbocycles. The summed E-state index contributed by atoms with van der Waals surface area (Å²) in [7, 11) is 0. The zero-order valence-electron chi connectivity index (χ0n) is 11.3. The Morgan fingerprint density at radius 1 is 0.952 bits per heavy atom. The molecule has 3 aromatic rings. The third-order valence-corrected chi connectivity index (χ3v) is 4.64. The third kappa shape index (κ3) is 3.52. The molecule has 0 saturated carbocycles. The summed E-state index contributed by atoms with van der Waals surface area (Å²) in [5.41, 5.74) is 2.26. The Hall–Kier alpha value is -1.64. The Bertz CT molecular complexity index is 704. The molecule has 0 fully saturated rings. The summed E-state index contributed by atoms with van der Waals surface area (Å²) in [4.78, 5) is 1.31. The van der Waals surface area contributed by atoms with E-state index in [-0.39, 0.29) is 11.7 Å². The lowest BCUT2D eigenvalue weighted by Gasteiger charge is -2.18. The van der Waals surface area contributed by atoms with E-state index in [1.54, 1.807) is 11.3 Å². The molecule has 0 saturated heterocycles. The summed E-state index contributed by atoms with van der Waals surface area (Å²) in [6.45, 7) is 0. The number of benzene rings is 2. The molecule has 3 rings (SSSR count). The van der Waals surface area contributed by atoms with Gasteiger partial charge in [0.05, 0.1) is 0 Å². The fourth-order valence-corrected chi connectivity index (χ4v) is 3.43. The Morgan fingerprint density at radius 3 is 2.43 bits per heavy atom. The summed E-state index contributed by atoms with van der Waals surface area (Å²) in [6, 6.07) is 18.8. The van der Waals surface area contributed by atoms with E-state index < -0.39 is 0 Å². The Kier molecular flexibility index (Phi) is 4.37. The molecule has 1 aromatic heterocycles. The highest BCUT2D eigenvalue weighted by Gasteiger charge is 2.16. The van der Waals surface area contributed by atoms with Gasteiger partial charge in [-0.25, -0.2) is 4.39 Å². The lowest BCUT2D eigenvalue weighted by atomic mass is 9.88. The summed E-state index contributed by atoms with van der Waals surface area (Å²) in [5, 5.41) is 2.81. The van der Waals surface area contributed by atoms with E-state index in [0.717, 1.165) is 22.6 Å². The van der Waals surface area contributed by atoms with Gasteiger partial charge in [0, 0.05) is 15.8 Å².